The van der Waals surface area contributed by atoms with Crippen molar-refractivity contribution in [2.45, 2.75) is 32.8 Å². The number of para-hydroxylation sites is 2. The third kappa shape index (κ3) is 4.77. The standard InChI is InChI=1S/C21H25ClN2O2/c1-15-6-5-7-16(2)21(15)23-20(25)14-24-12-10-17(11-13-24)26-19-9-4-3-8-18(19)22/h3-9,17H,10-14H2,1-2H3,(H,23,25). The van der Waals surface area contributed by atoms with Gasteiger partial charge in [0.1, 0.15) is 11.9 Å². The first kappa shape index (κ1) is 18.7. The van der Waals surface area contributed by atoms with Gasteiger partial charge >= 0.3 is 0 Å². The molecule has 0 spiro atoms. The number of hydrogen-bond donors (Lipinski definition) is 1. The summed E-state index contributed by atoms with van der Waals surface area (Å²) in [6, 6.07) is 13.6. The molecule has 0 aromatic heterocycles. The average Bonchev–Trinajstić information content (AvgIpc) is 2.62. The molecule has 5 heteroatoms. The highest BCUT2D eigenvalue weighted by Gasteiger charge is 2.23. The highest BCUT2D eigenvalue weighted by Crippen LogP contribution is 2.27. The summed E-state index contributed by atoms with van der Waals surface area (Å²) in [5.41, 5.74) is 3.10. The minimum Gasteiger partial charge on any atom is -0.489 e. The van der Waals surface area contributed by atoms with E-state index in [1.165, 1.54) is 0 Å². The summed E-state index contributed by atoms with van der Waals surface area (Å²) in [5, 5.41) is 3.70. The molecule has 26 heavy (non-hydrogen) atoms. The molecule has 0 saturated carbocycles. The summed E-state index contributed by atoms with van der Waals surface area (Å²) in [5.74, 6) is 0.772. The van der Waals surface area contributed by atoms with E-state index in [0.29, 0.717) is 11.6 Å². The maximum Gasteiger partial charge on any atom is 0.238 e. The fraction of sp³-hybridized carbons (Fsp3) is 0.381. The van der Waals surface area contributed by atoms with Crippen LogP contribution in [0.4, 0.5) is 5.69 Å². The number of ether oxygens (including phenoxy) is 1. The molecule has 1 amide bonds. The largest absolute Gasteiger partial charge is 0.489 e. The van der Waals surface area contributed by atoms with Gasteiger partial charge < -0.3 is 10.1 Å². The molecule has 4 nitrogen and oxygen atoms in total. The molecule has 1 heterocycles. The van der Waals surface area contributed by atoms with Crippen molar-refractivity contribution in [1.82, 2.24) is 4.90 Å². The number of nitrogens with zero attached hydrogens (tertiary/aromatic N) is 1. The molecule has 2 aromatic carbocycles. The Morgan fingerprint density at radius 3 is 2.42 bits per heavy atom. The average molecular weight is 373 g/mol. The summed E-state index contributed by atoms with van der Waals surface area (Å²) in [4.78, 5) is 14.6. The van der Waals surface area contributed by atoms with Crippen molar-refractivity contribution in [3.63, 3.8) is 0 Å². The molecule has 0 atom stereocenters. The first-order valence-electron chi connectivity index (χ1n) is 9.02. The molecular weight excluding hydrogens is 348 g/mol. The number of aryl methyl sites for hydroxylation is 2. The third-order valence-electron chi connectivity index (χ3n) is 4.78. The van der Waals surface area contributed by atoms with E-state index >= 15 is 0 Å². The Bertz CT molecular complexity index is 750. The predicted molar refractivity (Wildman–Crippen MR) is 106 cm³/mol. The Labute approximate surface area is 160 Å². The molecule has 1 aliphatic heterocycles. The maximum absolute atomic E-state index is 12.4. The number of amides is 1. The van der Waals surface area contributed by atoms with Crippen LogP contribution in [0.15, 0.2) is 42.5 Å². The number of piperidine rings is 1. The molecule has 2 aromatic rings. The molecule has 3 rings (SSSR count). The van der Waals surface area contributed by atoms with Crippen molar-refractivity contribution in [3.8, 4) is 5.75 Å². The highest BCUT2D eigenvalue weighted by molar-refractivity contribution is 6.32. The molecule has 0 unspecified atom stereocenters. The lowest BCUT2D eigenvalue weighted by Crippen LogP contribution is -2.42. The molecule has 0 radical (unpaired) electrons. The highest BCUT2D eigenvalue weighted by atomic mass is 35.5. The first-order chi connectivity index (χ1) is 12.5. The van der Waals surface area contributed by atoms with Crippen molar-refractivity contribution in [3.05, 3.63) is 58.6 Å². The Balaban J connectivity index is 1.48. The van der Waals surface area contributed by atoms with Gasteiger partial charge in [0.2, 0.25) is 5.91 Å². The van der Waals surface area contributed by atoms with Crippen LogP contribution in [0.2, 0.25) is 5.02 Å². The van der Waals surface area contributed by atoms with E-state index in [1.54, 1.807) is 0 Å². The zero-order valence-corrected chi connectivity index (χ0v) is 16.1. The lowest BCUT2D eigenvalue weighted by molar-refractivity contribution is -0.117. The van der Waals surface area contributed by atoms with Crippen molar-refractivity contribution in [1.29, 1.82) is 0 Å². The number of anilines is 1. The smallest absolute Gasteiger partial charge is 0.238 e. The van der Waals surface area contributed by atoms with Crippen LogP contribution in [-0.2, 0) is 4.79 Å². The van der Waals surface area contributed by atoms with E-state index in [2.05, 4.69) is 10.2 Å². The lowest BCUT2D eigenvalue weighted by Gasteiger charge is -2.31. The van der Waals surface area contributed by atoms with Crippen LogP contribution in [0.1, 0.15) is 24.0 Å². The van der Waals surface area contributed by atoms with Crippen molar-refractivity contribution < 1.29 is 9.53 Å². The number of likely N-dealkylation sites (tertiary alicyclic amines) is 1. The van der Waals surface area contributed by atoms with Gasteiger partial charge in [-0.15, -0.1) is 0 Å². The van der Waals surface area contributed by atoms with Gasteiger partial charge in [-0.05, 0) is 49.9 Å². The predicted octanol–water partition coefficient (Wildman–Crippen LogP) is 4.44. The van der Waals surface area contributed by atoms with Gasteiger partial charge in [0, 0.05) is 18.8 Å². The molecule has 1 fully saturated rings. The summed E-state index contributed by atoms with van der Waals surface area (Å²) >= 11 is 6.16. The molecule has 1 N–H and O–H groups in total. The third-order valence-corrected chi connectivity index (χ3v) is 5.09. The van der Waals surface area contributed by atoms with Gasteiger partial charge in [-0.3, -0.25) is 9.69 Å². The normalized spacial score (nSPS) is 15.7. The molecule has 1 saturated heterocycles. The van der Waals surface area contributed by atoms with Crippen LogP contribution in [0.25, 0.3) is 0 Å². The van der Waals surface area contributed by atoms with Crippen LogP contribution in [0.5, 0.6) is 5.75 Å². The van der Waals surface area contributed by atoms with Crippen LogP contribution < -0.4 is 10.1 Å². The molecule has 0 bridgehead atoms. The van der Waals surface area contributed by atoms with E-state index < -0.39 is 0 Å². The summed E-state index contributed by atoms with van der Waals surface area (Å²) in [6.07, 6.45) is 1.93. The molecule has 138 valence electrons. The van der Waals surface area contributed by atoms with E-state index in [1.807, 2.05) is 56.3 Å². The van der Waals surface area contributed by atoms with E-state index in [9.17, 15) is 4.79 Å². The van der Waals surface area contributed by atoms with Crippen molar-refractivity contribution in [2.75, 3.05) is 25.0 Å². The number of hydrogen-bond acceptors (Lipinski definition) is 3. The minimum absolute atomic E-state index is 0.0351. The Hall–Kier alpha value is -2.04. The summed E-state index contributed by atoms with van der Waals surface area (Å²) < 4.78 is 6.01. The van der Waals surface area contributed by atoms with Gasteiger partial charge in [-0.1, -0.05) is 41.9 Å². The van der Waals surface area contributed by atoms with Crippen molar-refractivity contribution in [2.24, 2.45) is 0 Å². The number of nitrogens with one attached hydrogen (secondary N) is 1. The zero-order chi connectivity index (χ0) is 18.5. The topological polar surface area (TPSA) is 41.6 Å². The Morgan fingerprint density at radius 1 is 1.12 bits per heavy atom. The second kappa shape index (κ2) is 8.56. The minimum atomic E-state index is 0.0351. The van der Waals surface area contributed by atoms with Crippen LogP contribution >= 0.6 is 11.6 Å². The van der Waals surface area contributed by atoms with Crippen molar-refractivity contribution >= 4 is 23.2 Å². The van der Waals surface area contributed by atoms with Gasteiger partial charge in [-0.25, -0.2) is 0 Å². The number of carbonyl (C=O) groups is 1. The van der Waals surface area contributed by atoms with Gasteiger partial charge in [0.05, 0.1) is 11.6 Å². The first-order valence-corrected chi connectivity index (χ1v) is 9.40. The SMILES string of the molecule is Cc1cccc(C)c1NC(=O)CN1CCC(Oc2ccccc2Cl)CC1. The summed E-state index contributed by atoms with van der Waals surface area (Å²) in [7, 11) is 0. The quantitative estimate of drug-likeness (QED) is 0.843. The number of halogens is 1. The van der Waals surface area contributed by atoms with Gasteiger partial charge in [0.25, 0.3) is 0 Å². The number of carbonyl (C=O) groups excluding carboxylic acids is 1. The molecule has 0 aliphatic carbocycles. The number of benzene rings is 2. The molecular formula is C21H25ClN2O2. The van der Waals surface area contributed by atoms with Gasteiger partial charge in [-0.2, -0.15) is 0 Å². The maximum atomic E-state index is 12.4. The number of rotatable bonds is 5. The monoisotopic (exact) mass is 372 g/mol. The van der Waals surface area contributed by atoms with Gasteiger partial charge in [0.15, 0.2) is 0 Å². The zero-order valence-electron chi connectivity index (χ0n) is 15.3. The van der Waals surface area contributed by atoms with E-state index in [-0.39, 0.29) is 12.0 Å². The van der Waals surface area contributed by atoms with E-state index in [4.69, 9.17) is 16.3 Å². The van der Waals surface area contributed by atoms with Crippen LogP contribution in [-0.4, -0.2) is 36.5 Å². The van der Waals surface area contributed by atoms with E-state index in [0.717, 1.165) is 48.5 Å². The Morgan fingerprint density at radius 2 is 1.77 bits per heavy atom. The summed E-state index contributed by atoms with van der Waals surface area (Å²) in [6.45, 7) is 6.12. The fourth-order valence-corrected chi connectivity index (χ4v) is 3.48. The van der Waals surface area contributed by atoms with Crippen LogP contribution in [0, 0.1) is 13.8 Å². The lowest BCUT2D eigenvalue weighted by atomic mass is 10.1. The fourth-order valence-electron chi connectivity index (χ4n) is 3.30. The van der Waals surface area contributed by atoms with Crippen LogP contribution in [0.3, 0.4) is 0 Å². The Kier molecular flexibility index (Phi) is 6.17. The second-order valence-electron chi connectivity index (χ2n) is 6.84. The second-order valence-corrected chi connectivity index (χ2v) is 7.25. The molecule has 1 aliphatic rings.